The molecule has 1 atom stereocenters. The third-order valence-electron chi connectivity index (χ3n) is 4.51. The fourth-order valence-electron chi connectivity index (χ4n) is 3.02. The number of benzene rings is 1. The molecule has 2 heterocycles. The van der Waals surface area contributed by atoms with E-state index >= 15 is 0 Å². The first-order chi connectivity index (χ1) is 13.6. The van der Waals surface area contributed by atoms with Gasteiger partial charge in [-0.2, -0.15) is 0 Å². The molecule has 0 spiro atoms. The summed E-state index contributed by atoms with van der Waals surface area (Å²) in [4.78, 5) is 11.5. The number of pyridine rings is 1. The zero-order valence-corrected chi connectivity index (χ0v) is 20.0. The van der Waals surface area contributed by atoms with Gasteiger partial charge in [0.2, 0.25) is 0 Å². The van der Waals surface area contributed by atoms with Crippen molar-refractivity contribution in [2.45, 2.75) is 33.0 Å². The van der Waals surface area contributed by atoms with Crippen LogP contribution in [0.2, 0.25) is 5.02 Å². The van der Waals surface area contributed by atoms with Gasteiger partial charge in [0.05, 0.1) is 19.3 Å². The predicted octanol–water partition coefficient (Wildman–Crippen LogP) is 3.83. The standard InChI is InChI=1S/C21H28ClN5O.HI/c1-3-23-21(25-12-17-4-7-19(22)8-5-17)26-14-18-6-9-20(24-13-18)27-10-11-28-16(2)15-27;/h4-9,13,16H,3,10-12,14-15H2,1-2H3,(H2,23,25,26);1H. The molecule has 1 aliphatic rings. The molecule has 2 aromatic rings. The van der Waals surface area contributed by atoms with Crippen LogP contribution in [0.1, 0.15) is 25.0 Å². The number of ether oxygens (including phenoxy) is 1. The number of hydrogen-bond donors (Lipinski definition) is 2. The minimum atomic E-state index is 0. The van der Waals surface area contributed by atoms with E-state index in [0.29, 0.717) is 13.1 Å². The van der Waals surface area contributed by atoms with Crippen LogP contribution in [0.4, 0.5) is 5.82 Å². The van der Waals surface area contributed by atoms with E-state index in [0.717, 1.165) is 54.2 Å². The van der Waals surface area contributed by atoms with Gasteiger partial charge in [0.1, 0.15) is 5.82 Å². The molecule has 158 valence electrons. The monoisotopic (exact) mass is 529 g/mol. The van der Waals surface area contributed by atoms with Gasteiger partial charge in [0.15, 0.2) is 5.96 Å². The summed E-state index contributed by atoms with van der Waals surface area (Å²) >= 11 is 5.94. The molecule has 1 aromatic heterocycles. The maximum absolute atomic E-state index is 5.94. The smallest absolute Gasteiger partial charge is 0.191 e. The van der Waals surface area contributed by atoms with E-state index in [2.05, 4.69) is 51.5 Å². The van der Waals surface area contributed by atoms with E-state index in [4.69, 9.17) is 16.3 Å². The van der Waals surface area contributed by atoms with Crippen molar-refractivity contribution in [1.29, 1.82) is 0 Å². The summed E-state index contributed by atoms with van der Waals surface area (Å²) in [6, 6.07) is 12.0. The van der Waals surface area contributed by atoms with Gasteiger partial charge >= 0.3 is 0 Å². The molecule has 0 saturated carbocycles. The fraction of sp³-hybridized carbons (Fsp3) is 0.429. The van der Waals surface area contributed by atoms with Crippen LogP contribution in [0.25, 0.3) is 0 Å². The largest absolute Gasteiger partial charge is 0.375 e. The highest BCUT2D eigenvalue weighted by Crippen LogP contribution is 2.15. The maximum Gasteiger partial charge on any atom is 0.191 e. The van der Waals surface area contributed by atoms with Crippen molar-refractivity contribution in [2.75, 3.05) is 31.1 Å². The minimum Gasteiger partial charge on any atom is -0.375 e. The average molecular weight is 530 g/mol. The highest BCUT2D eigenvalue weighted by molar-refractivity contribution is 14.0. The molecule has 29 heavy (non-hydrogen) atoms. The number of morpholine rings is 1. The van der Waals surface area contributed by atoms with Crippen LogP contribution in [0, 0.1) is 0 Å². The molecule has 1 saturated heterocycles. The zero-order chi connectivity index (χ0) is 19.8. The van der Waals surface area contributed by atoms with Crippen LogP contribution in [0.5, 0.6) is 0 Å². The van der Waals surface area contributed by atoms with Crippen molar-refractivity contribution >= 4 is 47.4 Å². The number of guanidine groups is 1. The summed E-state index contributed by atoms with van der Waals surface area (Å²) in [6.45, 7) is 8.72. The normalized spacial score (nSPS) is 16.9. The lowest BCUT2D eigenvalue weighted by molar-refractivity contribution is 0.0529. The Morgan fingerprint density at radius 1 is 1.21 bits per heavy atom. The first kappa shape index (κ1) is 23.7. The molecule has 0 bridgehead atoms. The minimum absolute atomic E-state index is 0. The van der Waals surface area contributed by atoms with Crippen molar-refractivity contribution in [1.82, 2.24) is 15.6 Å². The van der Waals surface area contributed by atoms with Gasteiger partial charge in [-0.05, 0) is 43.2 Å². The SMILES string of the molecule is CCNC(=NCc1ccc(N2CCOC(C)C2)nc1)NCc1ccc(Cl)cc1.I. The van der Waals surface area contributed by atoms with E-state index in [-0.39, 0.29) is 30.1 Å². The lowest BCUT2D eigenvalue weighted by atomic mass is 10.2. The van der Waals surface area contributed by atoms with E-state index < -0.39 is 0 Å². The van der Waals surface area contributed by atoms with Crippen molar-refractivity contribution in [3.05, 3.63) is 58.7 Å². The van der Waals surface area contributed by atoms with Gasteiger partial charge in [-0.3, -0.25) is 0 Å². The topological polar surface area (TPSA) is 61.8 Å². The van der Waals surface area contributed by atoms with Crippen molar-refractivity contribution in [3.8, 4) is 0 Å². The number of aromatic nitrogens is 1. The van der Waals surface area contributed by atoms with Gasteiger partial charge in [-0.1, -0.05) is 29.8 Å². The molecule has 0 aliphatic carbocycles. The van der Waals surface area contributed by atoms with Crippen LogP contribution in [0.3, 0.4) is 0 Å². The lowest BCUT2D eigenvalue weighted by Gasteiger charge is -2.32. The second-order valence-electron chi connectivity index (χ2n) is 6.83. The van der Waals surface area contributed by atoms with Crippen molar-refractivity contribution in [2.24, 2.45) is 4.99 Å². The number of nitrogens with zero attached hydrogens (tertiary/aromatic N) is 3. The molecule has 1 aliphatic heterocycles. The lowest BCUT2D eigenvalue weighted by Crippen LogP contribution is -2.41. The zero-order valence-electron chi connectivity index (χ0n) is 16.9. The number of anilines is 1. The summed E-state index contributed by atoms with van der Waals surface area (Å²) in [6.07, 6.45) is 2.15. The second kappa shape index (κ2) is 12.2. The van der Waals surface area contributed by atoms with Gasteiger partial charge < -0.3 is 20.3 Å². The molecule has 0 amide bonds. The first-order valence-electron chi connectivity index (χ1n) is 9.72. The summed E-state index contributed by atoms with van der Waals surface area (Å²) in [5.74, 6) is 1.78. The molecule has 3 rings (SSSR count). The third kappa shape index (κ3) is 7.64. The number of aliphatic imine (C=N–C) groups is 1. The summed E-state index contributed by atoms with van der Waals surface area (Å²) in [7, 11) is 0. The Kier molecular flexibility index (Phi) is 9.96. The highest BCUT2D eigenvalue weighted by atomic mass is 127. The van der Waals surface area contributed by atoms with Crippen LogP contribution < -0.4 is 15.5 Å². The van der Waals surface area contributed by atoms with E-state index in [1.807, 2.05) is 30.5 Å². The van der Waals surface area contributed by atoms with Crippen LogP contribution in [-0.4, -0.2) is 43.3 Å². The Morgan fingerprint density at radius 3 is 2.62 bits per heavy atom. The van der Waals surface area contributed by atoms with Gasteiger partial charge in [0.25, 0.3) is 0 Å². The molecular weight excluding hydrogens is 501 g/mol. The van der Waals surface area contributed by atoms with Gasteiger partial charge in [-0.25, -0.2) is 9.98 Å². The Hall–Kier alpha value is -1.58. The molecule has 0 radical (unpaired) electrons. The third-order valence-corrected chi connectivity index (χ3v) is 4.76. The van der Waals surface area contributed by atoms with E-state index in [1.165, 1.54) is 0 Å². The highest BCUT2D eigenvalue weighted by Gasteiger charge is 2.17. The molecule has 8 heteroatoms. The summed E-state index contributed by atoms with van der Waals surface area (Å²) in [5.41, 5.74) is 2.23. The molecular formula is C21H29ClIN5O. The Morgan fingerprint density at radius 2 is 1.97 bits per heavy atom. The van der Waals surface area contributed by atoms with Gasteiger partial charge in [0, 0.05) is 37.4 Å². The Bertz CT molecular complexity index is 770. The van der Waals surface area contributed by atoms with Crippen LogP contribution >= 0.6 is 35.6 Å². The van der Waals surface area contributed by atoms with E-state index in [1.54, 1.807) is 0 Å². The summed E-state index contributed by atoms with van der Waals surface area (Å²) < 4.78 is 5.59. The Balaban J connectivity index is 0.00000300. The van der Waals surface area contributed by atoms with Crippen LogP contribution in [0.15, 0.2) is 47.6 Å². The molecule has 1 aromatic carbocycles. The fourth-order valence-corrected chi connectivity index (χ4v) is 3.15. The molecule has 1 unspecified atom stereocenters. The Labute approximate surface area is 195 Å². The number of hydrogen-bond acceptors (Lipinski definition) is 4. The summed E-state index contributed by atoms with van der Waals surface area (Å²) in [5, 5.41) is 7.36. The number of halogens is 2. The molecule has 2 N–H and O–H groups in total. The van der Waals surface area contributed by atoms with Crippen molar-refractivity contribution < 1.29 is 4.74 Å². The maximum atomic E-state index is 5.94. The second-order valence-corrected chi connectivity index (χ2v) is 7.26. The molecule has 1 fully saturated rings. The average Bonchev–Trinajstić information content (AvgIpc) is 2.72. The van der Waals surface area contributed by atoms with Crippen LogP contribution in [-0.2, 0) is 17.8 Å². The van der Waals surface area contributed by atoms with Crippen molar-refractivity contribution in [3.63, 3.8) is 0 Å². The predicted molar refractivity (Wildman–Crippen MR) is 130 cm³/mol. The number of nitrogens with one attached hydrogen (secondary N) is 2. The first-order valence-corrected chi connectivity index (χ1v) is 10.1. The number of rotatable bonds is 6. The quantitative estimate of drug-likeness (QED) is 0.338. The van der Waals surface area contributed by atoms with E-state index in [9.17, 15) is 0 Å². The van der Waals surface area contributed by atoms with Gasteiger partial charge in [-0.15, -0.1) is 24.0 Å². The molecule has 6 nitrogen and oxygen atoms in total.